The van der Waals surface area contributed by atoms with Gasteiger partial charge in [-0.15, -0.1) is 0 Å². The summed E-state index contributed by atoms with van der Waals surface area (Å²) < 4.78 is 0.976. The van der Waals surface area contributed by atoms with Gasteiger partial charge in [-0.1, -0.05) is 19.3 Å². The lowest BCUT2D eigenvalue weighted by atomic mass is 9.84. The molecule has 0 heterocycles. The highest BCUT2D eigenvalue weighted by molar-refractivity contribution is 9.10. The molecule has 1 aromatic carbocycles. The highest BCUT2D eigenvalue weighted by Gasteiger charge is 2.20. The van der Waals surface area contributed by atoms with Crippen molar-refractivity contribution in [2.75, 3.05) is 5.32 Å². The average molecular weight is 307 g/mol. The SMILES string of the molecule is CC(Nc1ccc(C#N)cc1Br)C1CCCCC1. The molecule has 18 heavy (non-hydrogen) atoms. The predicted molar refractivity (Wildman–Crippen MR) is 78.5 cm³/mol. The Labute approximate surface area is 118 Å². The van der Waals surface area contributed by atoms with Gasteiger partial charge in [0.1, 0.15) is 0 Å². The van der Waals surface area contributed by atoms with Crippen molar-refractivity contribution >= 4 is 21.6 Å². The van der Waals surface area contributed by atoms with Gasteiger partial charge in [-0.05, 0) is 59.8 Å². The fourth-order valence-corrected chi connectivity index (χ4v) is 3.19. The van der Waals surface area contributed by atoms with Gasteiger partial charge >= 0.3 is 0 Å². The first kappa shape index (κ1) is 13.4. The molecule has 1 unspecified atom stereocenters. The molecular formula is C15H19BrN2. The van der Waals surface area contributed by atoms with Gasteiger partial charge in [0.05, 0.1) is 11.6 Å². The molecule has 0 bridgehead atoms. The van der Waals surface area contributed by atoms with Gasteiger partial charge < -0.3 is 5.32 Å². The van der Waals surface area contributed by atoms with Crippen molar-refractivity contribution in [1.29, 1.82) is 5.26 Å². The predicted octanol–water partition coefficient (Wildman–Crippen LogP) is 4.70. The summed E-state index contributed by atoms with van der Waals surface area (Å²) in [6.45, 7) is 2.26. The summed E-state index contributed by atoms with van der Waals surface area (Å²) in [5.74, 6) is 0.779. The molecule has 2 nitrogen and oxygen atoms in total. The molecule has 96 valence electrons. The van der Waals surface area contributed by atoms with E-state index in [0.717, 1.165) is 16.1 Å². The molecular weight excluding hydrogens is 288 g/mol. The molecule has 0 saturated heterocycles. The molecule has 0 radical (unpaired) electrons. The first-order valence-electron chi connectivity index (χ1n) is 6.67. The zero-order valence-electron chi connectivity index (χ0n) is 10.7. The fourth-order valence-electron chi connectivity index (χ4n) is 2.70. The zero-order valence-corrected chi connectivity index (χ0v) is 12.3. The number of halogens is 1. The maximum Gasteiger partial charge on any atom is 0.0992 e. The van der Waals surface area contributed by atoms with Crippen LogP contribution in [0.1, 0.15) is 44.6 Å². The standard InChI is InChI=1S/C15H19BrN2/c1-11(13-5-3-2-4-6-13)18-15-8-7-12(10-17)9-14(15)16/h7-9,11,13,18H,2-6H2,1H3. The number of hydrogen-bond donors (Lipinski definition) is 1. The van der Waals surface area contributed by atoms with Crippen LogP contribution in [0.2, 0.25) is 0 Å². The molecule has 2 rings (SSSR count). The minimum absolute atomic E-state index is 0.495. The first-order valence-corrected chi connectivity index (χ1v) is 7.46. The van der Waals surface area contributed by atoms with E-state index >= 15 is 0 Å². The van der Waals surface area contributed by atoms with Crippen molar-refractivity contribution in [3.8, 4) is 6.07 Å². The maximum absolute atomic E-state index is 8.85. The van der Waals surface area contributed by atoms with Crippen molar-refractivity contribution in [3.05, 3.63) is 28.2 Å². The van der Waals surface area contributed by atoms with Crippen LogP contribution >= 0.6 is 15.9 Å². The van der Waals surface area contributed by atoms with E-state index in [2.05, 4.69) is 34.2 Å². The van der Waals surface area contributed by atoms with Crippen LogP contribution in [0.3, 0.4) is 0 Å². The average Bonchev–Trinajstić information content (AvgIpc) is 2.42. The maximum atomic E-state index is 8.85. The van der Waals surface area contributed by atoms with Gasteiger partial charge in [-0.25, -0.2) is 0 Å². The summed E-state index contributed by atoms with van der Waals surface area (Å²) in [7, 11) is 0. The highest BCUT2D eigenvalue weighted by atomic mass is 79.9. The van der Waals surface area contributed by atoms with Crippen LogP contribution in [0.4, 0.5) is 5.69 Å². The molecule has 0 aliphatic heterocycles. The van der Waals surface area contributed by atoms with Crippen LogP contribution in [0, 0.1) is 17.2 Å². The topological polar surface area (TPSA) is 35.8 Å². The van der Waals surface area contributed by atoms with Crippen LogP contribution in [-0.2, 0) is 0 Å². The van der Waals surface area contributed by atoms with Gasteiger partial charge in [0.2, 0.25) is 0 Å². The Hall–Kier alpha value is -1.01. The van der Waals surface area contributed by atoms with Crippen LogP contribution in [-0.4, -0.2) is 6.04 Å². The van der Waals surface area contributed by atoms with Crippen LogP contribution < -0.4 is 5.32 Å². The van der Waals surface area contributed by atoms with Gasteiger partial charge in [0, 0.05) is 16.2 Å². The molecule has 1 saturated carbocycles. The zero-order chi connectivity index (χ0) is 13.0. The van der Waals surface area contributed by atoms with E-state index in [1.807, 2.05) is 18.2 Å². The normalized spacial score (nSPS) is 18.1. The number of benzene rings is 1. The van der Waals surface area contributed by atoms with E-state index in [0.29, 0.717) is 11.6 Å². The fraction of sp³-hybridized carbons (Fsp3) is 0.533. The Morgan fingerprint density at radius 2 is 2.06 bits per heavy atom. The van der Waals surface area contributed by atoms with Crippen LogP contribution in [0.5, 0.6) is 0 Å². The van der Waals surface area contributed by atoms with E-state index < -0.39 is 0 Å². The monoisotopic (exact) mass is 306 g/mol. The summed E-state index contributed by atoms with van der Waals surface area (Å²) in [6.07, 6.45) is 6.80. The Morgan fingerprint density at radius 1 is 1.33 bits per heavy atom. The molecule has 1 atom stereocenters. The molecule has 1 aromatic rings. The molecule has 1 fully saturated rings. The molecule has 1 N–H and O–H groups in total. The molecule has 3 heteroatoms. The van der Waals surface area contributed by atoms with E-state index in [9.17, 15) is 0 Å². The molecule has 0 spiro atoms. The number of anilines is 1. The number of nitriles is 1. The van der Waals surface area contributed by atoms with Crippen LogP contribution in [0.25, 0.3) is 0 Å². The lowest BCUT2D eigenvalue weighted by Crippen LogP contribution is -2.27. The van der Waals surface area contributed by atoms with Gasteiger partial charge in [0.25, 0.3) is 0 Å². The number of rotatable bonds is 3. The summed E-state index contributed by atoms with van der Waals surface area (Å²) in [5.41, 5.74) is 1.78. The Morgan fingerprint density at radius 3 is 2.67 bits per heavy atom. The van der Waals surface area contributed by atoms with E-state index in [1.54, 1.807) is 0 Å². The largest absolute Gasteiger partial charge is 0.381 e. The minimum Gasteiger partial charge on any atom is -0.381 e. The molecule has 1 aliphatic rings. The van der Waals surface area contributed by atoms with Crippen molar-refractivity contribution in [2.45, 2.75) is 45.1 Å². The Bertz CT molecular complexity index is 444. The minimum atomic E-state index is 0.495. The lowest BCUT2D eigenvalue weighted by molar-refractivity contribution is 0.328. The second-order valence-corrected chi connectivity index (χ2v) is 5.99. The van der Waals surface area contributed by atoms with Gasteiger partial charge in [0.15, 0.2) is 0 Å². The van der Waals surface area contributed by atoms with E-state index in [-0.39, 0.29) is 0 Å². The second kappa shape index (κ2) is 6.24. The van der Waals surface area contributed by atoms with Gasteiger partial charge in [-0.2, -0.15) is 5.26 Å². The van der Waals surface area contributed by atoms with Gasteiger partial charge in [-0.3, -0.25) is 0 Å². The third-order valence-electron chi connectivity index (χ3n) is 3.84. The highest BCUT2D eigenvalue weighted by Crippen LogP contribution is 2.30. The number of nitrogens with one attached hydrogen (secondary N) is 1. The van der Waals surface area contributed by atoms with Crippen molar-refractivity contribution in [1.82, 2.24) is 0 Å². The second-order valence-electron chi connectivity index (χ2n) is 5.14. The van der Waals surface area contributed by atoms with E-state index in [1.165, 1.54) is 32.1 Å². The van der Waals surface area contributed by atoms with E-state index in [4.69, 9.17) is 5.26 Å². The number of hydrogen-bond acceptors (Lipinski definition) is 2. The third kappa shape index (κ3) is 3.26. The van der Waals surface area contributed by atoms with Crippen molar-refractivity contribution < 1.29 is 0 Å². The molecule has 1 aliphatic carbocycles. The first-order chi connectivity index (χ1) is 8.70. The Kier molecular flexibility index (Phi) is 4.66. The molecule has 0 aromatic heterocycles. The summed E-state index contributed by atoms with van der Waals surface area (Å²) in [6, 6.07) is 8.37. The lowest BCUT2D eigenvalue weighted by Gasteiger charge is -2.29. The summed E-state index contributed by atoms with van der Waals surface area (Å²) in [4.78, 5) is 0. The van der Waals surface area contributed by atoms with Crippen LogP contribution in [0.15, 0.2) is 22.7 Å². The Balaban J connectivity index is 2.02. The molecule has 0 amide bonds. The smallest absolute Gasteiger partial charge is 0.0992 e. The van der Waals surface area contributed by atoms with Crippen molar-refractivity contribution in [3.63, 3.8) is 0 Å². The third-order valence-corrected chi connectivity index (χ3v) is 4.49. The van der Waals surface area contributed by atoms with Crippen molar-refractivity contribution in [2.24, 2.45) is 5.92 Å². The summed E-state index contributed by atoms with van der Waals surface area (Å²) in [5, 5.41) is 12.4. The summed E-state index contributed by atoms with van der Waals surface area (Å²) >= 11 is 3.53. The number of nitrogens with zero attached hydrogens (tertiary/aromatic N) is 1. The quantitative estimate of drug-likeness (QED) is 0.878.